The van der Waals surface area contributed by atoms with Crippen molar-refractivity contribution in [3.63, 3.8) is 0 Å². The highest BCUT2D eigenvalue weighted by Crippen LogP contribution is 2.49. The lowest BCUT2D eigenvalue weighted by molar-refractivity contribution is -0.148. The van der Waals surface area contributed by atoms with Crippen LogP contribution in [0.1, 0.15) is 32.1 Å². The second kappa shape index (κ2) is 7.98. The first-order valence-electron chi connectivity index (χ1n) is 9.24. The van der Waals surface area contributed by atoms with E-state index in [1.807, 2.05) is 0 Å². The predicted octanol–water partition coefficient (Wildman–Crippen LogP) is 2.24. The number of rotatable bonds is 7. The first-order valence-corrected chi connectivity index (χ1v) is 10.7. The van der Waals surface area contributed by atoms with Gasteiger partial charge in [-0.3, -0.25) is 9.59 Å². The number of sulfonamides is 1. The van der Waals surface area contributed by atoms with Crippen LogP contribution < -0.4 is 5.32 Å². The highest BCUT2D eigenvalue weighted by Gasteiger charge is 2.40. The molecule has 7 nitrogen and oxygen atoms in total. The fraction of sp³-hybridized carbons (Fsp3) is 0.579. The molecule has 0 saturated heterocycles. The largest absolute Gasteiger partial charge is 0.456 e. The van der Waals surface area contributed by atoms with Crippen molar-refractivity contribution in [2.75, 3.05) is 26.0 Å². The summed E-state index contributed by atoms with van der Waals surface area (Å²) < 4.78 is 30.2. The Hall–Kier alpha value is -1.93. The summed E-state index contributed by atoms with van der Waals surface area (Å²) in [4.78, 5) is 24.1. The van der Waals surface area contributed by atoms with E-state index in [2.05, 4.69) is 5.32 Å². The zero-order valence-electron chi connectivity index (χ0n) is 15.7. The highest BCUT2D eigenvalue weighted by atomic mass is 32.2. The van der Waals surface area contributed by atoms with Crippen LogP contribution in [-0.2, 0) is 24.3 Å². The smallest absolute Gasteiger partial charge is 0.306 e. The number of nitrogens with one attached hydrogen (secondary N) is 1. The van der Waals surface area contributed by atoms with Gasteiger partial charge in [-0.1, -0.05) is 6.42 Å². The standard InChI is InChI=1S/C19H26N2O5S/c1-21(2)27(24,25)17-7-5-16(6-8-17)20-18(22)12-26-19(23)11-15-10-13-3-4-14(15)9-13/h5-8,13-15H,3-4,9-12H2,1-2H3,(H,20,22)/t13-,14-,15-/m0/s1. The summed E-state index contributed by atoms with van der Waals surface area (Å²) >= 11 is 0. The number of fused-ring (bicyclic) bond motifs is 2. The fourth-order valence-corrected chi connectivity index (χ4v) is 5.07. The normalized spacial score (nSPS) is 24.2. The van der Waals surface area contributed by atoms with Crippen molar-refractivity contribution in [3.05, 3.63) is 24.3 Å². The first kappa shape index (κ1) is 19.8. The third-order valence-electron chi connectivity index (χ3n) is 5.59. The van der Waals surface area contributed by atoms with Crippen molar-refractivity contribution < 1.29 is 22.7 Å². The SMILES string of the molecule is CN(C)S(=O)(=O)c1ccc(NC(=O)COC(=O)C[C@@H]2C[C@H]3CC[C@H]2C3)cc1. The molecule has 3 rings (SSSR count). The second-order valence-electron chi connectivity index (χ2n) is 7.66. The number of benzene rings is 1. The van der Waals surface area contributed by atoms with Crippen molar-refractivity contribution in [1.29, 1.82) is 0 Å². The molecule has 1 N–H and O–H groups in total. The average Bonchev–Trinajstić information content (AvgIpc) is 3.23. The molecule has 0 heterocycles. The van der Waals surface area contributed by atoms with Gasteiger partial charge in [0.1, 0.15) is 0 Å². The molecule has 0 aliphatic heterocycles. The topological polar surface area (TPSA) is 92.8 Å². The van der Waals surface area contributed by atoms with Gasteiger partial charge in [-0.05, 0) is 61.3 Å². The van der Waals surface area contributed by atoms with E-state index in [1.54, 1.807) is 0 Å². The van der Waals surface area contributed by atoms with Gasteiger partial charge >= 0.3 is 5.97 Å². The Morgan fingerprint density at radius 3 is 2.41 bits per heavy atom. The predicted molar refractivity (Wildman–Crippen MR) is 100 cm³/mol. The summed E-state index contributed by atoms with van der Waals surface area (Å²) in [7, 11) is -0.599. The Labute approximate surface area is 160 Å². The van der Waals surface area contributed by atoms with Crippen LogP contribution in [0.2, 0.25) is 0 Å². The number of nitrogens with zero attached hydrogens (tertiary/aromatic N) is 1. The lowest BCUT2D eigenvalue weighted by atomic mass is 9.86. The molecule has 0 spiro atoms. The molecule has 1 aromatic carbocycles. The molecule has 27 heavy (non-hydrogen) atoms. The van der Waals surface area contributed by atoms with Crippen molar-refractivity contribution in [3.8, 4) is 0 Å². The van der Waals surface area contributed by atoms with Crippen LogP contribution in [0.15, 0.2) is 29.2 Å². The summed E-state index contributed by atoms with van der Waals surface area (Å²) in [5, 5.41) is 2.60. The number of amides is 1. The molecular weight excluding hydrogens is 368 g/mol. The van der Waals surface area contributed by atoms with Crippen LogP contribution in [0.5, 0.6) is 0 Å². The molecular formula is C19H26N2O5S. The molecule has 1 amide bonds. The molecule has 0 unspecified atom stereocenters. The lowest BCUT2D eigenvalue weighted by Crippen LogP contribution is -2.23. The molecule has 0 radical (unpaired) electrons. The van der Waals surface area contributed by atoms with Crippen molar-refractivity contribution >= 4 is 27.6 Å². The first-order chi connectivity index (χ1) is 12.8. The summed E-state index contributed by atoms with van der Waals surface area (Å²) in [5.74, 6) is 1.06. The molecule has 3 atom stereocenters. The Kier molecular flexibility index (Phi) is 5.86. The highest BCUT2D eigenvalue weighted by molar-refractivity contribution is 7.89. The Morgan fingerprint density at radius 2 is 1.85 bits per heavy atom. The maximum atomic E-state index is 12.0. The van der Waals surface area contributed by atoms with Crippen molar-refractivity contribution in [2.45, 2.75) is 37.0 Å². The number of carbonyl (C=O) groups is 2. The number of carbonyl (C=O) groups excluding carboxylic acids is 2. The van der Waals surface area contributed by atoms with Gasteiger partial charge in [0, 0.05) is 26.2 Å². The zero-order valence-corrected chi connectivity index (χ0v) is 16.5. The maximum Gasteiger partial charge on any atom is 0.306 e. The van der Waals surface area contributed by atoms with Crippen LogP contribution in [0.4, 0.5) is 5.69 Å². The van der Waals surface area contributed by atoms with Crippen LogP contribution in [0.25, 0.3) is 0 Å². The summed E-state index contributed by atoms with van der Waals surface area (Å²) in [6.07, 6.45) is 5.23. The Balaban J connectivity index is 1.44. The maximum absolute atomic E-state index is 12.0. The summed E-state index contributed by atoms with van der Waals surface area (Å²) in [6, 6.07) is 5.86. The summed E-state index contributed by atoms with van der Waals surface area (Å²) in [6.45, 7) is -0.336. The Morgan fingerprint density at radius 1 is 1.15 bits per heavy atom. The number of anilines is 1. The van der Waals surface area contributed by atoms with Gasteiger partial charge in [-0.15, -0.1) is 0 Å². The van der Waals surface area contributed by atoms with Crippen LogP contribution in [0.3, 0.4) is 0 Å². The molecule has 2 saturated carbocycles. The zero-order chi connectivity index (χ0) is 19.6. The van der Waals surface area contributed by atoms with Gasteiger partial charge in [-0.2, -0.15) is 0 Å². The monoisotopic (exact) mass is 394 g/mol. The van der Waals surface area contributed by atoms with Gasteiger partial charge in [-0.25, -0.2) is 12.7 Å². The third-order valence-corrected chi connectivity index (χ3v) is 7.42. The fourth-order valence-electron chi connectivity index (χ4n) is 4.16. The molecule has 2 aliphatic rings. The number of esters is 1. The number of hydrogen-bond acceptors (Lipinski definition) is 5. The number of ether oxygens (including phenoxy) is 1. The van der Waals surface area contributed by atoms with Crippen molar-refractivity contribution in [2.24, 2.45) is 17.8 Å². The van der Waals surface area contributed by atoms with Gasteiger partial charge in [0.15, 0.2) is 6.61 Å². The lowest BCUT2D eigenvalue weighted by Gasteiger charge is -2.20. The van der Waals surface area contributed by atoms with E-state index in [0.717, 1.165) is 16.6 Å². The minimum atomic E-state index is -3.51. The second-order valence-corrected chi connectivity index (χ2v) is 9.81. The van der Waals surface area contributed by atoms with E-state index in [4.69, 9.17) is 4.74 Å². The molecule has 8 heteroatoms. The van der Waals surface area contributed by atoms with E-state index in [9.17, 15) is 18.0 Å². The van der Waals surface area contributed by atoms with E-state index in [1.165, 1.54) is 57.6 Å². The Bertz CT molecular complexity index is 804. The molecule has 2 fully saturated rings. The average molecular weight is 394 g/mol. The molecule has 148 valence electrons. The third kappa shape index (κ3) is 4.68. The van der Waals surface area contributed by atoms with Gasteiger partial charge in [0.25, 0.3) is 5.91 Å². The van der Waals surface area contributed by atoms with Gasteiger partial charge in [0.05, 0.1) is 4.90 Å². The van der Waals surface area contributed by atoms with Gasteiger partial charge < -0.3 is 10.1 Å². The minimum Gasteiger partial charge on any atom is -0.456 e. The van der Waals surface area contributed by atoms with E-state index >= 15 is 0 Å². The molecule has 0 aromatic heterocycles. The molecule has 1 aromatic rings. The van der Waals surface area contributed by atoms with Crippen LogP contribution in [0, 0.1) is 17.8 Å². The number of hydrogen-bond donors (Lipinski definition) is 1. The quantitative estimate of drug-likeness (QED) is 0.716. The van der Waals surface area contributed by atoms with E-state index in [0.29, 0.717) is 23.9 Å². The van der Waals surface area contributed by atoms with E-state index < -0.39 is 15.9 Å². The summed E-state index contributed by atoms with van der Waals surface area (Å²) in [5.41, 5.74) is 0.446. The van der Waals surface area contributed by atoms with E-state index in [-0.39, 0.29) is 17.5 Å². The minimum absolute atomic E-state index is 0.141. The molecule has 2 aliphatic carbocycles. The van der Waals surface area contributed by atoms with Crippen LogP contribution in [-0.4, -0.2) is 45.3 Å². The molecule has 2 bridgehead atoms. The van der Waals surface area contributed by atoms with Crippen LogP contribution >= 0.6 is 0 Å². The van der Waals surface area contributed by atoms with Gasteiger partial charge in [0.2, 0.25) is 10.0 Å². The van der Waals surface area contributed by atoms with Crippen molar-refractivity contribution in [1.82, 2.24) is 4.31 Å².